The summed E-state index contributed by atoms with van der Waals surface area (Å²) >= 11 is 0. The van der Waals surface area contributed by atoms with Gasteiger partial charge in [-0.25, -0.2) is 9.78 Å². The van der Waals surface area contributed by atoms with E-state index in [1.807, 2.05) is 0 Å². The van der Waals surface area contributed by atoms with Gasteiger partial charge in [-0.1, -0.05) is 6.92 Å². The predicted molar refractivity (Wildman–Crippen MR) is 67.5 cm³/mol. The van der Waals surface area contributed by atoms with Gasteiger partial charge in [0.2, 0.25) is 5.91 Å². The summed E-state index contributed by atoms with van der Waals surface area (Å²) in [5.41, 5.74) is -1.52. The van der Waals surface area contributed by atoms with E-state index in [-0.39, 0.29) is 13.1 Å². The molecule has 1 aromatic heterocycles. The Bertz CT molecular complexity index is 526. The molecule has 0 spiro atoms. The van der Waals surface area contributed by atoms with E-state index in [4.69, 9.17) is 5.11 Å². The van der Waals surface area contributed by atoms with E-state index in [1.165, 1.54) is 12.4 Å². The van der Waals surface area contributed by atoms with Crippen LogP contribution in [0.5, 0.6) is 0 Å². The number of carboxylic acids is 1. The van der Waals surface area contributed by atoms with Crippen molar-refractivity contribution in [2.24, 2.45) is 5.41 Å². The number of aliphatic carboxylic acids is 1. The molecule has 7 nitrogen and oxygen atoms in total. The zero-order chi connectivity index (χ0) is 14.5. The van der Waals surface area contributed by atoms with Crippen LogP contribution < -0.4 is 11.0 Å². The molecule has 1 rings (SSSR count). The van der Waals surface area contributed by atoms with Crippen molar-refractivity contribution in [2.45, 2.75) is 26.8 Å². The first-order valence-electron chi connectivity index (χ1n) is 5.90. The van der Waals surface area contributed by atoms with Gasteiger partial charge in [0.1, 0.15) is 6.54 Å². The van der Waals surface area contributed by atoms with Gasteiger partial charge < -0.3 is 10.4 Å². The SMILES string of the molecule is CCC(C)(CNC(=O)Cn1cccnc1=O)C(=O)O. The van der Waals surface area contributed by atoms with Crippen LogP contribution in [0.1, 0.15) is 20.3 Å². The molecule has 1 heterocycles. The highest BCUT2D eigenvalue weighted by Crippen LogP contribution is 2.19. The molecule has 0 fully saturated rings. The van der Waals surface area contributed by atoms with E-state index < -0.39 is 23.0 Å². The van der Waals surface area contributed by atoms with Gasteiger partial charge in [0.05, 0.1) is 5.41 Å². The van der Waals surface area contributed by atoms with Crippen LogP contribution in [0.3, 0.4) is 0 Å². The number of hydrogen-bond donors (Lipinski definition) is 2. The first-order valence-corrected chi connectivity index (χ1v) is 5.90. The number of carbonyl (C=O) groups excluding carboxylic acids is 1. The highest BCUT2D eigenvalue weighted by atomic mass is 16.4. The van der Waals surface area contributed by atoms with Crippen LogP contribution in [0.4, 0.5) is 0 Å². The van der Waals surface area contributed by atoms with Crippen molar-refractivity contribution in [1.82, 2.24) is 14.9 Å². The first-order chi connectivity index (χ1) is 8.89. The number of amides is 1. The molecule has 104 valence electrons. The number of carbonyl (C=O) groups is 2. The van der Waals surface area contributed by atoms with E-state index in [0.29, 0.717) is 6.42 Å². The predicted octanol–water partition coefficient (Wildman–Crippen LogP) is -0.140. The van der Waals surface area contributed by atoms with Gasteiger partial charge in [-0.05, 0) is 19.4 Å². The van der Waals surface area contributed by atoms with Crippen molar-refractivity contribution in [3.05, 3.63) is 28.9 Å². The van der Waals surface area contributed by atoms with E-state index in [2.05, 4.69) is 10.3 Å². The standard InChI is InChI=1S/C12H17N3O4/c1-3-12(2,10(17)18)8-14-9(16)7-15-6-4-5-13-11(15)19/h4-6H,3,7-8H2,1-2H3,(H,14,16)(H,17,18). The summed E-state index contributed by atoms with van der Waals surface area (Å²) in [5, 5.41) is 11.6. The summed E-state index contributed by atoms with van der Waals surface area (Å²) < 4.78 is 1.15. The summed E-state index contributed by atoms with van der Waals surface area (Å²) in [6.07, 6.45) is 3.19. The van der Waals surface area contributed by atoms with E-state index >= 15 is 0 Å². The summed E-state index contributed by atoms with van der Waals surface area (Å²) in [6, 6.07) is 1.54. The van der Waals surface area contributed by atoms with Crippen LogP contribution in [-0.2, 0) is 16.1 Å². The van der Waals surface area contributed by atoms with Gasteiger partial charge in [-0.15, -0.1) is 0 Å². The van der Waals surface area contributed by atoms with Crippen LogP contribution in [0.2, 0.25) is 0 Å². The molecule has 2 N–H and O–H groups in total. The van der Waals surface area contributed by atoms with Crippen LogP contribution in [0, 0.1) is 5.41 Å². The molecular weight excluding hydrogens is 250 g/mol. The van der Waals surface area contributed by atoms with Crippen LogP contribution in [0.15, 0.2) is 23.3 Å². The van der Waals surface area contributed by atoms with Crippen molar-refractivity contribution < 1.29 is 14.7 Å². The normalized spacial score (nSPS) is 13.6. The molecule has 1 atom stereocenters. The first kappa shape index (κ1) is 14.9. The molecule has 0 radical (unpaired) electrons. The van der Waals surface area contributed by atoms with Crippen molar-refractivity contribution >= 4 is 11.9 Å². The lowest BCUT2D eigenvalue weighted by atomic mass is 9.88. The number of aromatic nitrogens is 2. The second-order valence-corrected chi connectivity index (χ2v) is 4.53. The number of rotatable bonds is 6. The lowest BCUT2D eigenvalue weighted by Gasteiger charge is -2.23. The van der Waals surface area contributed by atoms with Gasteiger partial charge in [-0.2, -0.15) is 0 Å². The largest absolute Gasteiger partial charge is 0.481 e. The third-order valence-electron chi connectivity index (χ3n) is 3.07. The molecule has 1 amide bonds. The highest BCUT2D eigenvalue weighted by Gasteiger charge is 2.31. The van der Waals surface area contributed by atoms with Crippen molar-refractivity contribution in [1.29, 1.82) is 0 Å². The molecule has 0 saturated carbocycles. The van der Waals surface area contributed by atoms with Crippen LogP contribution in [-0.4, -0.2) is 33.1 Å². The van der Waals surface area contributed by atoms with Crippen LogP contribution >= 0.6 is 0 Å². The van der Waals surface area contributed by atoms with Gasteiger partial charge >= 0.3 is 11.7 Å². The monoisotopic (exact) mass is 267 g/mol. The lowest BCUT2D eigenvalue weighted by molar-refractivity contribution is -0.148. The molecule has 0 aliphatic heterocycles. The third kappa shape index (κ3) is 3.90. The molecule has 0 aromatic carbocycles. The Morgan fingerprint density at radius 1 is 1.53 bits per heavy atom. The fraction of sp³-hybridized carbons (Fsp3) is 0.500. The lowest BCUT2D eigenvalue weighted by Crippen LogP contribution is -2.42. The summed E-state index contributed by atoms with van der Waals surface area (Å²) in [7, 11) is 0. The number of hydrogen-bond acceptors (Lipinski definition) is 4. The molecule has 0 aliphatic carbocycles. The minimum absolute atomic E-state index is 0.0205. The Morgan fingerprint density at radius 3 is 2.74 bits per heavy atom. The fourth-order valence-electron chi connectivity index (χ4n) is 1.36. The molecular formula is C12H17N3O4. The van der Waals surface area contributed by atoms with Crippen molar-refractivity contribution in [2.75, 3.05) is 6.54 Å². The second-order valence-electron chi connectivity index (χ2n) is 4.53. The minimum atomic E-state index is -1.00. The maximum atomic E-state index is 11.7. The quantitative estimate of drug-likeness (QED) is 0.747. The zero-order valence-corrected chi connectivity index (χ0v) is 10.9. The zero-order valence-electron chi connectivity index (χ0n) is 10.9. The highest BCUT2D eigenvalue weighted by molar-refractivity contribution is 5.78. The topological polar surface area (TPSA) is 101 Å². The number of nitrogens with one attached hydrogen (secondary N) is 1. The molecule has 19 heavy (non-hydrogen) atoms. The van der Waals surface area contributed by atoms with Crippen molar-refractivity contribution in [3.8, 4) is 0 Å². The average Bonchev–Trinajstić information content (AvgIpc) is 2.38. The van der Waals surface area contributed by atoms with E-state index in [9.17, 15) is 14.4 Å². The number of carboxylic acid groups (broad SMARTS) is 1. The second kappa shape index (κ2) is 6.12. The molecule has 0 saturated heterocycles. The fourth-order valence-corrected chi connectivity index (χ4v) is 1.36. The molecule has 0 aliphatic rings. The Morgan fingerprint density at radius 2 is 2.21 bits per heavy atom. The maximum absolute atomic E-state index is 11.7. The Balaban J connectivity index is 2.60. The summed E-state index contributed by atoms with van der Waals surface area (Å²) in [6.45, 7) is 3.15. The van der Waals surface area contributed by atoms with E-state index in [0.717, 1.165) is 4.57 Å². The average molecular weight is 267 g/mol. The minimum Gasteiger partial charge on any atom is -0.481 e. The number of nitrogens with zero attached hydrogens (tertiary/aromatic N) is 2. The van der Waals surface area contributed by atoms with Gasteiger partial charge in [0.25, 0.3) is 0 Å². The van der Waals surface area contributed by atoms with Gasteiger partial charge in [0, 0.05) is 18.9 Å². The Labute approximate surface area is 110 Å². The molecule has 1 unspecified atom stereocenters. The van der Waals surface area contributed by atoms with Crippen molar-refractivity contribution in [3.63, 3.8) is 0 Å². The smallest absolute Gasteiger partial charge is 0.347 e. The summed E-state index contributed by atoms with van der Waals surface area (Å²) in [5.74, 6) is -1.38. The Hall–Kier alpha value is -2.18. The third-order valence-corrected chi connectivity index (χ3v) is 3.07. The van der Waals surface area contributed by atoms with Crippen LogP contribution in [0.25, 0.3) is 0 Å². The molecule has 7 heteroatoms. The summed E-state index contributed by atoms with van der Waals surface area (Å²) in [4.78, 5) is 37.5. The maximum Gasteiger partial charge on any atom is 0.347 e. The Kier molecular flexibility index (Phi) is 4.80. The van der Waals surface area contributed by atoms with Gasteiger partial charge in [0.15, 0.2) is 0 Å². The van der Waals surface area contributed by atoms with E-state index in [1.54, 1.807) is 19.9 Å². The molecule has 0 bridgehead atoms. The molecule has 1 aromatic rings. The van der Waals surface area contributed by atoms with Gasteiger partial charge in [-0.3, -0.25) is 14.2 Å².